The number of rotatable bonds is 3. The highest BCUT2D eigenvalue weighted by molar-refractivity contribution is 4.84. The van der Waals surface area contributed by atoms with Gasteiger partial charge in [0.2, 0.25) is 0 Å². The number of nitrogens with zero attached hydrogens (tertiary/aromatic N) is 1. The van der Waals surface area contributed by atoms with Gasteiger partial charge in [0, 0.05) is 18.6 Å². The highest BCUT2D eigenvalue weighted by Gasteiger charge is 2.27. The number of hydrogen-bond donors (Lipinski definition) is 1. The molecule has 1 saturated heterocycles. The van der Waals surface area contributed by atoms with Crippen molar-refractivity contribution >= 4 is 0 Å². The fraction of sp³-hybridized carbons (Fsp3) is 1.00. The highest BCUT2D eigenvalue weighted by Crippen LogP contribution is 2.21. The van der Waals surface area contributed by atoms with Crippen LogP contribution in [0.4, 0.5) is 0 Å². The lowest BCUT2D eigenvalue weighted by atomic mass is 9.90. The van der Waals surface area contributed by atoms with Gasteiger partial charge < -0.3 is 5.73 Å². The summed E-state index contributed by atoms with van der Waals surface area (Å²) in [5, 5.41) is 0. The van der Waals surface area contributed by atoms with E-state index in [1.165, 1.54) is 19.4 Å². The number of piperidine rings is 1. The predicted octanol–water partition coefficient (Wildman–Crippen LogP) is 2.09. The molecule has 1 fully saturated rings. The second-order valence-electron chi connectivity index (χ2n) is 5.05. The third kappa shape index (κ3) is 2.71. The zero-order chi connectivity index (χ0) is 10.7. The second-order valence-corrected chi connectivity index (χ2v) is 5.05. The van der Waals surface area contributed by atoms with Gasteiger partial charge in [0.25, 0.3) is 0 Å². The summed E-state index contributed by atoms with van der Waals surface area (Å²) in [6.07, 6.45) is 2.53. The highest BCUT2D eigenvalue weighted by atomic mass is 15.2. The topological polar surface area (TPSA) is 29.3 Å². The molecule has 4 atom stereocenters. The second kappa shape index (κ2) is 5.13. The van der Waals surface area contributed by atoms with E-state index in [4.69, 9.17) is 5.73 Å². The Balaban J connectivity index is 2.45. The van der Waals surface area contributed by atoms with E-state index in [1.807, 2.05) is 0 Å². The van der Waals surface area contributed by atoms with Crippen molar-refractivity contribution in [1.29, 1.82) is 0 Å². The normalized spacial score (nSPS) is 34.1. The van der Waals surface area contributed by atoms with Gasteiger partial charge in [-0.3, -0.25) is 4.90 Å². The van der Waals surface area contributed by atoms with Crippen LogP contribution in [0.25, 0.3) is 0 Å². The van der Waals surface area contributed by atoms with Gasteiger partial charge in [0.1, 0.15) is 0 Å². The van der Waals surface area contributed by atoms with Crippen molar-refractivity contribution < 1.29 is 0 Å². The van der Waals surface area contributed by atoms with Gasteiger partial charge in [-0.2, -0.15) is 0 Å². The molecule has 0 bridgehead atoms. The summed E-state index contributed by atoms with van der Waals surface area (Å²) >= 11 is 0. The van der Waals surface area contributed by atoms with Crippen LogP contribution in [0.15, 0.2) is 0 Å². The van der Waals surface area contributed by atoms with Crippen LogP contribution in [0.1, 0.15) is 40.5 Å². The molecule has 0 aromatic heterocycles. The summed E-state index contributed by atoms with van der Waals surface area (Å²) in [6, 6.07) is 1.08. The van der Waals surface area contributed by atoms with Crippen molar-refractivity contribution in [2.75, 3.05) is 13.1 Å². The molecule has 1 rings (SSSR count). The monoisotopic (exact) mass is 198 g/mol. The Bertz CT molecular complexity index is 170. The van der Waals surface area contributed by atoms with Crippen molar-refractivity contribution in [1.82, 2.24) is 4.90 Å². The van der Waals surface area contributed by atoms with Gasteiger partial charge in [-0.1, -0.05) is 27.2 Å². The minimum atomic E-state index is 0.384. The Morgan fingerprint density at radius 1 is 1.43 bits per heavy atom. The van der Waals surface area contributed by atoms with Crippen molar-refractivity contribution in [2.45, 2.75) is 52.6 Å². The van der Waals surface area contributed by atoms with Crippen LogP contribution in [0.3, 0.4) is 0 Å². The Hall–Kier alpha value is -0.0800. The van der Waals surface area contributed by atoms with Crippen LogP contribution in [0.5, 0.6) is 0 Å². The molecule has 2 nitrogen and oxygen atoms in total. The molecule has 84 valence electrons. The van der Waals surface area contributed by atoms with Gasteiger partial charge in [0.15, 0.2) is 0 Å². The maximum Gasteiger partial charge on any atom is 0.0194 e. The van der Waals surface area contributed by atoms with E-state index >= 15 is 0 Å². The van der Waals surface area contributed by atoms with Crippen LogP contribution in [-0.4, -0.2) is 30.1 Å². The van der Waals surface area contributed by atoms with Gasteiger partial charge in [0.05, 0.1) is 0 Å². The SMILES string of the molecule is CCC(C)C(C)N1CCC(C)C(N)C1. The molecule has 2 heteroatoms. The lowest BCUT2D eigenvalue weighted by molar-refractivity contribution is 0.0983. The Labute approximate surface area is 88.8 Å². The first kappa shape index (κ1) is 12.0. The van der Waals surface area contributed by atoms with E-state index in [0.29, 0.717) is 18.0 Å². The third-order valence-electron chi connectivity index (χ3n) is 4.09. The van der Waals surface area contributed by atoms with E-state index in [9.17, 15) is 0 Å². The molecule has 0 saturated carbocycles. The van der Waals surface area contributed by atoms with E-state index in [-0.39, 0.29) is 0 Å². The summed E-state index contributed by atoms with van der Waals surface area (Å²) < 4.78 is 0. The quantitative estimate of drug-likeness (QED) is 0.752. The molecule has 0 radical (unpaired) electrons. The summed E-state index contributed by atoms with van der Waals surface area (Å²) in [7, 11) is 0. The third-order valence-corrected chi connectivity index (χ3v) is 4.09. The minimum Gasteiger partial charge on any atom is -0.326 e. The van der Waals surface area contributed by atoms with Crippen LogP contribution < -0.4 is 5.73 Å². The van der Waals surface area contributed by atoms with Crippen molar-refractivity contribution in [3.63, 3.8) is 0 Å². The number of nitrogens with two attached hydrogens (primary N) is 1. The zero-order valence-corrected chi connectivity index (χ0v) is 10.2. The summed E-state index contributed by atoms with van der Waals surface area (Å²) in [5.41, 5.74) is 6.11. The fourth-order valence-electron chi connectivity index (χ4n) is 2.20. The van der Waals surface area contributed by atoms with Crippen LogP contribution in [0, 0.1) is 11.8 Å². The van der Waals surface area contributed by atoms with Crippen LogP contribution >= 0.6 is 0 Å². The molecule has 0 amide bonds. The van der Waals surface area contributed by atoms with Gasteiger partial charge >= 0.3 is 0 Å². The predicted molar refractivity (Wildman–Crippen MR) is 62.2 cm³/mol. The average Bonchev–Trinajstić information content (AvgIpc) is 2.20. The molecule has 1 aliphatic heterocycles. The Morgan fingerprint density at radius 2 is 2.07 bits per heavy atom. The molecule has 1 heterocycles. The maximum absolute atomic E-state index is 6.11. The van der Waals surface area contributed by atoms with Gasteiger partial charge in [-0.05, 0) is 31.7 Å². The number of hydrogen-bond acceptors (Lipinski definition) is 2. The Kier molecular flexibility index (Phi) is 4.39. The van der Waals surface area contributed by atoms with E-state index in [1.54, 1.807) is 0 Å². The Morgan fingerprint density at radius 3 is 2.57 bits per heavy atom. The summed E-state index contributed by atoms with van der Waals surface area (Å²) in [5.74, 6) is 1.49. The average molecular weight is 198 g/mol. The first-order valence-electron chi connectivity index (χ1n) is 6.05. The van der Waals surface area contributed by atoms with Crippen LogP contribution in [0.2, 0.25) is 0 Å². The largest absolute Gasteiger partial charge is 0.326 e. The molecule has 1 aliphatic rings. The molecule has 0 aliphatic carbocycles. The molecule has 0 aromatic carbocycles. The molecule has 0 spiro atoms. The van der Waals surface area contributed by atoms with Gasteiger partial charge in [-0.15, -0.1) is 0 Å². The molecule has 14 heavy (non-hydrogen) atoms. The van der Waals surface area contributed by atoms with Gasteiger partial charge in [-0.25, -0.2) is 0 Å². The van der Waals surface area contributed by atoms with E-state index in [0.717, 1.165) is 12.5 Å². The van der Waals surface area contributed by atoms with Crippen LogP contribution in [-0.2, 0) is 0 Å². The minimum absolute atomic E-state index is 0.384. The molecule has 0 aromatic rings. The van der Waals surface area contributed by atoms with E-state index in [2.05, 4.69) is 32.6 Å². The molecular formula is C12H26N2. The van der Waals surface area contributed by atoms with E-state index < -0.39 is 0 Å². The molecular weight excluding hydrogens is 172 g/mol. The first-order valence-corrected chi connectivity index (χ1v) is 6.05. The summed E-state index contributed by atoms with van der Waals surface area (Å²) in [6.45, 7) is 11.6. The summed E-state index contributed by atoms with van der Waals surface area (Å²) in [4.78, 5) is 2.57. The number of likely N-dealkylation sites (tertiary alicyclic amines) is 1. The standard InChI is InChI=1S/C12H26N2/c1-5-9(2)11(4)14-7-6-10(3)12(13)8-14/h9-12H,5-8,13H2,1-4H3. The first-order chi connectivity index (χ1) is 6.56. The molecule has 4 unspecified atom stereocenters. The maximum atomic E-state index is 6.11. The van der Waals surface area contributed by atoms with Crippen molar-refractivity contribution in [3.05, 3.63) is 0 Å². The smallest absolute Gasteiger partial charge is 0.0194 e. The molecule has 2 N–H and O–H groups in total. The zero-order valence-electron chi connectivity index (χ0n) is 10.2. The fourth-order valence-corrected chi connectivity index (χ4v) is 2.20. The van der Waals surface area contributed by atoms with Crippen molar-refractivity contribution in [3.8, 4) is 0 Å². The van der Waals surface area contributed by atoms with Crippen molar-refractivity contribution in [2.24, 2.45) is 17.6 Å². The lowest BCUT2D eigenvalue weighted by Gasteiger charge is -2.40. The lowest BCUT2D eigenvalue weighted by Crippen LogP contribution is -2.51.